The molecule has 1 N–H and O–H groups in total. The van der Waals surface area contributed by atoms with Crippen molar-refractivity contribution in [2.24, 2.45) is 0 Å². The van der Waals surface area contributed by atoms with Crippen LogP contribution in [0.2, 0.25) is 0 Å². The van der Waals surface area contributed by atoms with E-state index in [1.54, 1.807) is 0 Å². The van der Waals surface area contributed by atoms with Crippen LogP contribution in [0.1, 0.15) is 5.82 Å². The zero-order valence-corrected chi connectivity index (χ0v) is 6.59. The van der Waals surface area contributed by atoms with Gasteiger partial charge in [-0.05, 0) is 6.92 Å². The molecule has 1 aromatic heterocycles. The minimum Gasteiger partial charge on any atom is -0.327 e. The summed E-state index contributed by atoms with van der Waals surface area (Å²) in [4.78, 5) is 16.2. The second-order valence-corrected chi connectivity index (χ2v) is 2.27. The van der Waals surface area contributed by atoms with Gasteiger partial charge >= 0.3 is 12.3 Å². The lowest BCUT2D eigenvalue weighted by Crippen LogP contribution is -2.28. The fourth-order valence-corrected chi connectivity index (χ4v) is 0.712. The number of aryl methyl sites for hydroxylation is 1. The Hall–Kier alpha value is -1.53. The van der Waals surface area contributed by atoms with Gasteiger partial charge in [0.1, 0.15) is 5.82 Å². The molecule has 0 spiro atoms. The summed E-state index contributed by atoms with van der Waals surface area (Å²) < 4.78 is 36.1. The molecule has 72 valence electrons. The number of carbonyl (C=O) groups is 1. The SMILES string of the molecule is Cc1ncc(N(F)C(=O)C(F)F)[nH]1. The molecule has 0 bridgehead atoms. The van der Waals surface area contributed by atoms with Crippen molar-refractivity contribution in [3.8, 4) is 0 Å². The van der Waals surface area contributed by atoms with E-state index in [2.05, 4.69) is 9.97 Å². The normalized spacial score (nSPS) is 10.5. The van der Waals surface area contributed by atoms with E-state index in [9.17, 15) is 18.1 Å². The van der Waals surface area contributed by atoms with Crippen LogP contribution in [-0.2, 0) is 4.79 Å². The molecule has 0 radical (unpaired) electrons. The molecule has 0 aliphatic heterocycles. The molecule has 1 heterocycles. The molecule has 1 aromatic rings. The fraction of sp³-hybridized carbons (Fsp3) is 0.333. The minimum atomic E-state index is -3.37. The third-order valence-corrected chi connectivity index (χ3v) is 1.28. The maximum Gasteiger partial charge on any atom is 0.323 e. The van der Waals surface area contributed by atoms with E-state index in [1.165, 1.54) is 6.92 Å². The van der Waals surface area contributed by atoms with Gasteiger partial charge in [0.15, 0.2) is 5.82 Å². The highest BCUT2D eigenvalue weighted by molar-refractivity contribution is 5.92. The smallest absolute Gasteiger partial charge is 0.323 e. The van der Waals surface area contributed by atoms with Gasteiger partial charge in [0.25, 0.3) is 0 Å². The van der Waals surface area contributed by atoms with Crippen LogP contribution < -0.4 is 5.12 Å². The summed E-state index contributed by atoms with van der Waals surface area (Å²) in [5.41, 5.74) is 0. The first-order chi connectivity index (χ1) is 6.02. The van der Waals surface area contributed by atoms with Gasteiger partial charge in [-0.3, -0.25) is 4.79 Å². The van der Waals surface area contributed by atoms with E-state index in [1.807, 2.05) is 0 Å². The molecule has 0 atom stereocenters. The van der Waals surface area contributed by atoms with E-state index in [0.29, 0.717) is 5.82 Å². The van der Waals surface area contributed by atoms with Crippen LogP contribution in [0.4, 0.5) is 19.1 Å². The van der Waals surface area contributed by atoms with E-state index >= 15 is 0 Å². The number of imidazole rings is 1. The van der Waals surface area contributed by atoms with Crippen molar-refractivity contribution < 1.29 is 18.1 Å². The predicted molar refractivity (Wildman–Crippen MR) is 37.9 cm³/mol. The van der Waals surface area contributed by atoms with Crippen molar-refractivity contribution in [3.05, 3.63) is 12.0 Å². The number of aromatic nitrogens is 2. The second kappa shape index (κ2) is 3.46. The number of alkyl halides is 2. The molecule has 0 unspecified atom stereocenters. The number of halogens is 3. The maximum atomic E-state index is 12.7. The van der Waals surface area contributed by atoms with Gasteiger partial charge in [0, 0.05) is 0 Å². The number of carbonyl (C=O) groups excluding carboxylic acids is 1. The van der Waals surface area contributed by atoms with Crippen molar-refractivity contribution in [3.63, 3.8) is 0 Å². The summed E-state index contributed by atoms with van der Waals surface area (Å²) in [5.74, 6) is -1.98. The highest BCUT2D eigenvalue weighted by Crippen LogP contribution is 2.13. The Balaban J connectivity index is 2.79. The third kappa shape index (κ3) is 1.98. The maximum absolute atomic E-state index is 12.7. The van der Waals surface area contributed by atoms with Gasteiger partial charge in [-0.15, -0.1) is 5.12 Å². The summed E-state index contributed by atoms with van der Waals surface area (Å²) in [7, 11) is 0. The Bertz CT molecular complexity index is 312. The van der Waals surface area contributed by atoms with Crippen LogP contribution in [-0.4, -0.2) is 22.3 Å². The predicted octanol–water partition coefficient (Wildman–Crippen LogP) is 1.20. The number of H-pyrrole nitrogens is 1. The van der Waals surface area contributed by atoms with E-state index in [4.69, 9.17) is 0 Å². The minimum absolute atomic E-state index is 0.333. The molecule has 0 aliphatic carbocycles. The van der Waals surface area contributed by atoms with Crippen LogP contribution in [0.25, 0.3) is 0 Å². The largest absolute Gasteiger partial charge is 0.327 e. The molecule has 7 heteroatoms. The lowest BCUT2D eigenvalue weighted by molar-refractivity contribution is -0.131. The van der Waals surface area contributed by atoms with Gasteiger partial charge < -0.3 is 4.98 Å². The molecule has 0 saturated carbocycles. The van der Waals surface area contributed by atoms with E-state index < -0.39 is 23.3 Å². The van der Waals surface area contributed by atoms with Crippen LogP contribution in [0.5, 0.6) is 0 Å². The summed E-state index contributed by atoms with van der Waals surface area (Å²) in [6.07, 6.45) is -2.41. The number of anilines is 1. The van der Waals surface area contributed by atoms with Crippen LogP contribution in [0.15, 0.2) is 6.20 Å². The summed E-state index contributed by atoms with van der Waals surface area (Å²) in [6.45, 7) is 1.50. The van der Waals surface area contributed by atoms with Gasteiger partial charge in [0.2, 0.25) is 0 Å². The van der Waals surface area contributed by atoms with E-state index in [-0.39, 0.29) is 0 Å². The quantitative estimate of drug-likeness (QED) is 0.717. The third-order valence-electron chi connectivity index (χ3n) is 1.28. The molecule has 13 heavy (non-hydrogen) atoms. The van der Waals surface area contributed by atoms with E-state index in [0.717, 1.165) is 6.20 Å². The van der Waals surface area contributed by atoms with Crippen molar-refractivity contribution >= 4 is 11.7 Å². The Kier molecular flexibility index (Phi) is 2.54. The van der Waals surface area contributed by atoms with Crippen LogP contribution >= 0.6 is 0 Å². The topological polar surface area (TPSA) is 49.0 Å². The number of hydrogen-bond donors (Lipinski definition) is 1. The summed E-state index contributed by atoms with van der Waals surface area (Å²) in [6, 6.07) is 0. The van der Waals surface area contributed by atoms with Crippen LogP contribution in [0, 0.1) is 6.92 Å². The number of hydrogen-bond acceptors (Lipinski definition) is 2. The van der Waals surface area contributed by atoms with Crippen molar-refractivity contribution in [2.45, 2.75) is 13.3 Å². The first kappa shape index (κ1) is 9.56. The molecule has 0 fully saturated rings. The lowest BCUT2D eigenvalue weighted by atomic mass is 10.6. The fourth-order valence-electron chi connectivity index (χ4n) is 0.712. The first-order valence-electron chi connectivity index (χ1n) is 3.32. The number of nitrogens with zero attached hydrogens (tertiary/aromatic N) is 2. The second-order valence-electron chi connectivity index (χ2n) is 2.27. The van der Waals surface area contributed by atoms with Gasteiger partial charge in [-0.25, -0.2) is 4.98 Å². The lowest BCUT2D eigenvalue weighted by Gasteiger charge is -2.07. The van der Waals surface area contributed by atoms with Crippen molar-refractivity contribution in [1.29, 1.82) is 0 Å². The van der Waals surface area contributed by atoms with Crippen molar-refractivity contribution in [2.75, 3.05) is 5.12 Å². The van der Waals surface area contributed by atoms with Gasteiger partial charge in [-0.2, -0.15) is 8.78 Å². The highest BCUT2D eigenvalue weighted by Gasteiger charge is 2.26. The molecular formula is C6H6F3N3O. The zero-order valence-electron chi connectivity index (χ0n) is 6.59. The number of aromatic amines is 1. The first-order valence-corrected chi connectivity index (χ1v) is 3.32. The molecular weight excluding hydrogens is 187 g/mol. The average Bonchev–Trinajstić information content (AvgIpc) is 2.49. The molecule has 0 saturated heterocycles. The van der Waals surface area contributed by atoms with Crippen molar-refractivity contribution in [1.82, 2.24) is 9.97 Å². The molecule has 0 aromatic carbocycles. The van der Waals surface area contributed by atoms with Gasteiger partial charge in [-0.1, -0.05) is 4.48 Å². The molecule has 1 amide bonds. The number of rotatable bonds is 2. The Labute approximate surface area is 71.3 Å². The Morgan fingerprint density at radius 2 is 2.31 bits per heavy atom. The monoisotopic (exact) mass is 193 g/mol. The zero-order chi connectivity index (χ0) is 10.0. The highest BCUT2D eigenvalue weighted by atomic mass is 19.3. The Morgan fingerprint density at radius 1 is 1.69 bits per heavy atom. The Morgan fingerprint density at radius 3 is 2.69 bits per heavy atom. The van der Waals surface area contributed by atoms with Gasteiger partial charge in [0.05, 0.1) is 6.20 Å². The molecule has 0 aliphatic rings. The molecule has 4 nitrogen and oxygen atoms in total. The summed E-state index contributed by atoms with van der Waals surface area (Å²) >= 11 is 0. The molecule has 1 rings (SSSR count). The average molecular weight is 193 g/mol. The number of nitrogens with one attached hydrogen (secondary N) is 1. The standard InChI is InChI=1S/C6H6F3N3O/c1-3-10-2-4(11-3)12(9)6(13)5(7)8/h2,5H,1H3,(H,10,11). The summed E-state index contributed by atoms with van der Waals surface area (Å²) in [5, 5.41) is -0.662. The number of amides is 1. The van der Waals surface area contributed by atoms with Crippen LogP contribution in [0.3, 0.4) is 0 Å².